The van der Waals surface area contributed by atoms with Crippen LogP contribution in [0.15, 0.2) is 17.5 Å². The van der Waals surface area contributed by atoms with E-state index < -0.39 is 0 Å². The molecule has 0 spiro atoms. The smallest absolute Gasteiger partial charge is 0.0685 e. The Morgan fingerprint density at radius 3 is 2.25 bits per heavy atom. The van der Waals surface area contributed by atoms with Gasteiger partial charge in [0.2, 0.25) is 0 Å². The molecule has 3 heteroatoms. The fraction of sp³-hybridized carbons (Fsp3) is 0.765. The highest BCUT2D eigenvalue weighted by atomic mass is 32.1. The number of aliphatic hydroxyl groups excluding tert-OH is 1. The lowest BCUT2D eigenvalue weighted by Gasteiger charge is -2.59. The zero-order valence-electron chi connectivity index (χ0n) is 12.0. The lowest BCUT2D eigenvalue weighted by Crippen LogP contribution is -2.53. The summed E-state index contributed by atoms with van der Waals surface area (Å²) in [6.07, 6.45) is 7.81. The molecule has 1 aromatic heterocycles. The van der Waals surface area contributed by atoms with Crippen molar-refractivity contribution in [3.63, 3.8) is 0 Å². The van der Waals surface area contributed by atoms with Gasteiger partial charge in [0.25, 0.3) is 0 Å². The minimum absolute atomic E-state index is 0.145. The Bertz CT molecular complexity index is 434. The Morgan fingerprint density at radius 2 is 1.80 bits per heavy atom. The molecule has 2 atom stereocenters. The van der Waals surface area contributed by atoms with Crippen molar-refractivity contribution in [1.82, 2.24) is 0 Å². The summed E-state index contributed by atoms with van der Waals surface area (Å²) in [7, 11) is 0. The Morgan fingerprint density at radius 1 is 1.20 bits per heavy atom. The van der Waals surface area contributed by atoms with Crippen LogP contribution in [0.5, 0.6) is 0 Å². The standard InChI is InChI=1S/C17H25NOS/c18-10-14(15-2-1-3-20-15)16(19)17-7-11-4-12(8-17)6-13(5-11)9-17/h1-3,11-14,16,19H,4-10,18H2. The summed E-state index contributed by atoms with van der Waals surface area (Å²) in [5.41, 5.74) is 6.21. The van der Waals surface area contributed by atoms with Gasteiger partial charge >= 0.3 is 0 Å². The van der Waals surface area contributed by atoms with Crippen molar-refractivity contribution < 1.29 is 5.11 Å². The largest absolute Gasteiger partial charge is 0.392 e. The molecular weight excluding hydrogens is 266 g/mol. The summed E-state index contributed by atoms with van der Waals surface area (Å²) in [6.45, 7) is 0.573. The van der Waals surface area contributed by atoms with Crippen LogP contribution in [0.25, 0.3) is 0 Å². The van der Waals surface area contributed by atoms with E-state index in [1.165, 1.54) is 43.4 Å². The van der Waals surface area contributed by atoms with Gasteiger partial charge in [0.15, 0.2) is 0 Å². The van der Waals surface area contributed by atoms with Gasteiger partial charge in [0.1, 0.15) is 0 Å². The van der Waals surface area contributed by atoms with E-state index in [4.69, 9.17) is 5.73 Å². The molecule has 0 aromatic carbocycles. The Labute approximate surface area is 125 Å². The molecule has 3 N–H and O–H groups in total. The van der Waals surface area contributed by atoms with Gasteiger partial charge in [-0.1, -0.05) is 6.07 Å². The molecule has 1 aromatic rings. The summed E-state index contributed by atoms with van der Waals surface area (Å²) < 4.78 is 0. The van der Waals surface area contributed by atoms with Crippen LogP contribution in [0.3, 0.4) is 0 Å². The first-order chi connectivity index (χ1) is 9.70. The van der Waals surface area contributed by atoms with Crippen LogP contribution < -0.4 is 5.73 Å². The molecule has 20 heavy (non-hydrogen) atoms. The van der Waals surface area contributed by atoms with Gasteiger partial charge < -0.3 is 10.8 Å². The molecule has 4 aliphatic carbocycles. The first-order valence-corrected chi connectivity index (χ1v) is 9.00. The fourth-order valence-electron chi connectivity index (χ4n) is 5.87. The maximum absolute atomic E-state index is 11.2. The normalized spacial score (nSPS) is 41.8. The SMILES string of the molecule is NCC(c1cccs1)C(O)C12CC3CC(CC(C3)C1)C2. The first kappa shape index (κ1) is 13.3. The van der Waals surface area contributed by atoms with Crippen molar-refractivity contribution in [3.8, 4) is 0 Å². The van der Waals surface area contributed by atoms with Crippen molar-refractivity contribution in [2.45, 2.75) is 50.5 Å². The van der Waals surface area contributed by atoms with E-state index in [1.807, 2.05) is 0 Å². The van der Waals surface area contributed by atoms with E-state index in [1.54, 1.807) is 11.3 Å². The van der Waals surface area contributed by atoms with Gasteiger partial charge in [-0.25, -0.2) is 0 Å². The van der Waals surface area contributed by atoms with Crippen molar-refractivity contribution in [2.24, 2.45) is 28.9 Å². The number of nitrogens with two attached hydrogens (primary N) is 1. The molecule has 0 amide bonds. The summed E-state index contributed by atoms with van der Waals surface area (Å²) in [5.74, 6) is 2.80. The summed E-state index contributed by atoms with van der Waals surface area (Å²) in [6, 6.07) is 4.22. The Hall–Kier alpha value is -0.380. The maximum Gasteiger partial charge on any atom is 0.0685 e. The molecule has 5 rings (SSSR count). The topological polar surface area (TPSA) is 46.2 Å². The lowest BCUT2D eigenvalue weighted by molar-refractivity contribution is -0.126. The molecule has 4 saturated carbocycles. The van der Waals surface area contributed by atoms with E-state index >= 15 is 0 Å². The highest BCUT2D eigenvalue weighted by molar-refractivity contribution is 7.10. The second kappa shape index (κ2) is 4.82. The summed E-state index contributed by atoms with van der Waals surface area (Å²) in [4.78, 5) is 1.27. The van der Waals surface area contributed by atoms with Crippen molar-refractivity contribution >= 4 is 11.3 Å². The third-order valence-electron chi connectivity index (χ3n) is 6.26. The van der Waals surface area contributed by atoms with E-state index in [0.29, 0.717) is 6.54 Å². The number of hydrogen-bond donors (Lipinski definition) is 2. The lowest BCUT2D eigenvalue weighted by atomic mass is 9.47. The number of rotatable bonds is 4. The Kier molecular flexibility index (Phi) is 3.21. The van der Waals surface area contributed by atoms with Crippen LogP contribution in [0.1, 0.15) is 49.3 Å². The zero-order valence-corrected chi connectivity index (χ0v) is 12.8. The average Bonchev–Trinajstić information content (AvgIpc) is 2.92. The highest BCUT2D eigenvalue weighted by Gasteiger charge is 2.55. The van der Waals surface area contributed by atoms with E-state index in [9.17, 15) is 5.11 Å². The molecule has 0 saturated heterocycles. The van der Waals surface area contributed by atoms with E-state index in [2.05, 4.69) is 17.5 Å². The van der Waals surface area contributed by atoms with Gasteiger partial charge in [-0.2, -0.15) is 0 Å². The van der Waals surface area contributed by atoms with Gasteiger partial charge in [0.05, 0.1) is 6.10 Å². The van der Waals surface area contributed by atoms with Crippen molar-refractivity contribution in [2.75, 3.05) is 6.54 Å². The molecule has 110 valence electrons. The molecule has 1 heterocycles. The van der Waals surface area contributed by atoms with Crippen molar-refractivity contribution in [1.29, 1.82) is 0 Å². The zero-order chi connectivity index (χ0) is 13.7. The third kappa shape index (κ3) is 1.98. The second-order valence-electron chi connectivity index (χ2n) is 7.58. The first-order valence-electron chi connectivity index (χ1n) is 8.12. The molecule has 0 aliphatic heterocycles. The molecule has 2 nitrogen and oxygen atoms in total. The minimum Gasteiger partial charge on any atom is -0.392 e. The van der Waals surface area contributed by atoms with Gasteiger partial charge in [0, 0.05) is 17.3 Å². The molecule has 0 radical (unpaired) electrons. The molecule has 2 unspecified atom stereocenters. The predicted octanol–water partition coefficient (Wildman–Crippen LogP) is 3.37. The monoisotopic (exact) mass is 291 g/mol. The van der Waals surface area contributed by atoms with Gasteiger partial charge in [-0.05, 0) is 73.1 Å². The molecule has 4 fully saturated rings. The minimum atomic E-state index is -0.237. The quantitative estimate of drug-likeness (QED) is 0.893. The van der Waals surface area contributed by atoms with E-state index in [-0.39, 0.29) is 17.4 Å². The van der Waals surface area contributed by atoms with Gasteiger partial charge in [-0.15, -0.1) is 11.3 Å². The average molecular weight is 291 g/mol. The van der Waals surface area contributed by atoms with E-state index in [0.717, 1.165) is 17.8 Å². The highest BCUT2D eigenvalue weighted by Crippen LogP contribution is 2.62. The Balaban J connectivity index is 1.62. The van der Waals surface area contributed by atoms with Gasteiger partial charge in [-0.3, -0.25) is 0 Å². The maximum atomic E-state index is 11.2. The third-order valence-corrected chi connectivity index (χ3v) is 7.26. The number of aliphatic hydroxyl groups is 1. The van der Waals surface area contributed by atoms with Crippen molar-refractivity contribution in [3.05, 3.63) is 22.4 Å². The van der Waals surface area contributed by atoms with Crippen LogP contribution in [-0.4, -0.2) is 17.8 Å². The van der Waals surface area contributed by atoms with Crippen LogP contribution in [0.4, 0.5) is 0 Å². The summed E-state index contributed by atoms with van der Waals surface area (Å²) in [5, 5.41) is 13.3. The number of thiophene rings is 1. The molecule has 4 aliphatic rings. The van der Waals surface area contributed by atoms with Crippen LogP contribution in [0, 0.1) is 23.2 Å². The predicted molar refractivity (Wildman–Crippen MR) is 82.7 cm³/mol. The number of hydrogen-bond acceptors (Lipinski definition) is 3. The molecular formula is C17H25NOS. The molecule has 4 bridgehead atoms. The summed E-state index contributed by atoms with van der Waals surface area (Å²) >= 11 is 1.75. The van der Waals surface area contributed by atoms with Crippen LogP contribution >= 0.6 is 11.3 Å². The van der Waals surface area contributed by atoms with Crippen LogP contribution in [-0.2, 0) is 0 Å². The van der Waals surface area contributed by atoms with Crippen LogP contribution in [0.2, 0.25) is 0 Å². The second-order valence-corrected chi connectivity index (χ2v) is 8.56. The fourth-order valence-corrected chi connectivity index (χ4v) is 6.74.